The summed E-state index contributed by atoms with van der Waals surface area (Å²) in [4.78, 5) is 0. The average Bonchev–Trinajstić information content (AvgIpc) is 3.11. The molecule has 36 heavy (non-hydrogen) atoms. The van der Waals surface area contributed by atoms with Gasteiger partial charge in [-0.3, -0.25) is 0 Å². The Morgan fingerprint density at radius 3 is 1.53 bits per heavy atom. The van der Waals surface area contributed by atoms with Crippen LogP contribution in [-0.4, -0.2) is 0 Å². The Hall–Kier alpha value is -4.68. The lowest BCUT2D eigenvalue weighted by atomic mass is 9.89. The average molecular weight is 471 g/mol. The van der Waals surface area contributed by atoms with Crippen LogP contribution in [-0.2, 0) is 0 Å². The van der Waals surface area contributed by atoms with Crippen LogP contribution in [0.4, 0.5) is 0 Å². The molecule has 0 saturated carbocycles. The first-order valence-electron chi connectivity index (χ1n) is 18.3. The topological polar surface area (TPSA) is 0 Å². The summed E-state index contributed by atoms with van der Waals surface area (Å²) >= 11 is 0. The number of hydrogen-bond donors (Lipinski definition) is 0. The molecule has 7 aromatic carbocycles. The van der Waals surface area contributed by atoms with Crippen molar-refractivity contribution < 1.29 is 19.2 Å². The van der Waals surface area contributed by atoms with E-state index in [2.05, 4.69) is 0 Å². The zero-order valence-corrected chi connectivity index (χ0v) is 18.8. The lowest BCUT2D eigenvalue weighted by Gasteiger charge is -2.15. The van der Waals surface area contributed by atoms with Crippen LogP contribution in [0, 0.1) is 0 Å². The van der Waals surface area contributed by atoms with E-state index in [1.54, 1.807) is 12.1 Å². The van der Waals surface area contributed by atoms with Crippen molar-refractivity contribution in [2.24, 2.45) is 0 Å². The first kappa shape index (κ1) is 10.9. The van der Waals surface area contributed by atoms with Crippen LogP contribution in [0.15, 0.2) is 145 Å². The van der Waals surface area contributed by atoms with Gasteiger partial charge in [-0.25, -0.2) is 0 Å². The van der Waals surface area contributed by atoms with Crippen molar-refractivity contribution in [1.82, 2.24) is 0 Å². The molecule has 0 bridgehead atoms. The molecule has 0 saturated heterocycles. The fourth-order valence-corrected chi connectivity index (χ4v) is 4.51. The predicted octanol–water partition coefficient (Wildman–Crippen LogP) is 10.1. The zero-order chi connectivity index (χ0) is 36.1. The number of benzene rings is 7. The van der Waals surface area contributed by atoms with Crippen LogP contribution < -0.4 is 0 Å². The maximum absolute atomic E-state index is 9.00. The minimum absolute atomic E-state index is 0.0714. The smallest absolute Gasteiger partial charge is 0.0616 e. The van der Waals surface area contributed by atoms with E-state index in [1.807, 2.05) is 42.5 Å². The van der Waals surface area contributed by atoms with Crippen molar-refractivity contribution in [1.29, 1.82) is 0 Å². The van der Waals surface area contributed by atoms with E-state index in [4.69, 9.17) is 19.2 Å². The number of rotatable bonds is 3. The molecule has 0 aliphatic carbocycles. The van der Waals surface area contributed by atoms with E-state index in [0.29, 0.717) is 11.1 Å². The molecule has 0 radical (unpaired) electrons. The SMILES string of the molecule is [2H]c1c([2H])c([2H])c2c(-c3cc(-c4ccc5ccccc5c4)cc(-c4c([2H])c([2H])c([2H])c5c([2H])c([2H])c([2H])c([2H])c45)c3)c([2H])c([2H])c([2H])c2c1[2H]. The van der Waals surface area contributed by atoms with E-state index in [1.165, 1.54) is 6.07 Å². The lowest BCUT2D eigenvalue weighted by molar-refractivity contribution is 1.60. The first-order chi connectivity index (χ1) is 23.6. The summed E-state index contributed by atoms with van der Waals surface area (Å²) in [6.07, 6.45) is 0. The summed E-state index contributed by atoms with van der Waals surface area (Å²) in [7, 11) is 0. The monoisotopic (exact) mass is 470 g/mol. The Balaban J connectivity index is 1.69. The van der Waals surface area contributed by atoms with Crippen molar-refractivity contribution in [2.75, 3.05) is 0 Å². The summed E-state index contributed by atoms with van der Waals surface area (Å²) in [6, 6.07) is 10.5. The first-order valence-corrected chi connectivity index (χ1v) is 11.3. The maximum Gasteiger partial charge on any atom is 0.0629 e. The molecule has 0 spiro atoms. The third kappa shape index (κ3) is 3.56. The molecule has 0 amide bonds. The normalized spacial score (nSPS) is 16.8. The molecular weight excluding hydrogens is 432 g/mol. The quantitative estimate of drug-likeness (QED) is 0.241. The van der Waals surface area contributed by atoms with Gasteiger partial charge in [0.1, 0.15) is 0 Å². The van der Waals surface area contributed by atoms with Gasteiger partial charge in [-0.2, -0.15) is 0 Å². The fraction of sp³-hybridized carbons (Fsp3) is 0. The molecule has 0 heteroatoms. The van der Waals surface area contributed by atoms with Gasteiger partial charge in [-0.15, -0.1) is 0 Å². The van der Waals surface area contributed by atoms with Crippen molar-refractivity contribution >= 4 is 32.3 Å². The summed E-state index contributed by atoms with van der Waals surface area (Å²) < 4.78 is 120. The Bertz CT molecular complexity index is 2490. The van der Waals surface area contributed by atoms with Gasteiger partial charge in [0.25, 0.3) is 0 Å². The Kier molecular flexibility index (Phi) is 2.59. The maximum atomic E-state index is 9.00. The number of fused-ring (bicyclic) bond motifs is 3. The molecule has 168 valence electrons. The molecule has 0 fully saturated rings. The standard InChI is InChI=1S/C36H24/c1-2-12-28-21-29(20-19-25(28)9-1)30-22-31(35-17-7-13-26-10-3-5-15-33(26)35)24-32(23-30)36-18-8-14-27-11-4-6-16-34(27)36/h1-24H/i3D,4D,5D,6D,7D,8D,10D,11D,13D,14D,15D,16D,17D,18D. The highest BCUT2D eigenvalue weighted by atomic mass is 14.2. The second-order valence-corrected chi connectivity index (χ2v) is 8.36. The van der Waals surface area contributed by atoms with Crippen molar-refractivity contribution in [3.63, 3.8) is 0 Å². The van der Waals surface area contributed by atoms with Gasteiger partial charge in [0.15, 0.2) is 0 Å². The highest BCUT2D eigenvalue weighted by Crippen LogP contribution is 2.38. The Labute approximate surface area is 230 Å². The van der Waals surface area contributed by atoms with E-state index >= 15 is 0 Å². The molecule has 7 aromatic rings. The second-order valence-electron chi connectivity index (χ2n) is 8.36. The summed E-state index contributed by atoms with van der Waals surface area (Å²) in [5.74, 6) is 0. The molecule has 0 N–H and O–H groups in total. The van der Waals surface area contributed by atoms with Crippen LogP contribution in [0.5, 0.6) is 0 Å². The van der Waals surface area contributed by atoms with E-state index in [9.17, 15) is 0 Å². The van der Waals surface area contributed by atoms with Crippen LogP contribution in [0.1, 0.15) is 19.2 Å². The van der Waals surface area contributed by atoms with Crippen LogP contribution >= 0.6 is 0 Å². The Morgan fingerprint density at radius 1 is 0.361 bits per heavy atom. The minimum atomic E-state index is -0.595. The molecule has 0 aliphatic heterocycles. The van der Waals surface area contributed by atoms with Gasteiger partial charge < -0.3 is 0 Å². The van der Waals surface area contributed by atoms with E-state index in [0.717, 1.165) is 10.8 Å². The molecule has 0 aromatic heterocycles. The second kappa shape index (κ2) is 8.52. The van der Waals surface area contributed by atoms with Crippen molar-refractivity contribution in [3.05, 3.63) is 145 Å². The number of hydrogen-bond acceptors (Lipinski definition) is 0. The molecule has 0 nitrogen and oxygen atoms in total. The summed E-state index contributed by atoms with van der Waals surface area (Å²) in [5, 5.41) is 1.06. The third-order valence-electron chi connectivity index (χ3n) is 6.22. The lowest BCUT2D eigenvalue weighted by Crippen LogP contribution is -1.88. The van der Waals surface area contributed by atoms with Gasteiger partial charge in [-0.1, -0.05) is 121 Å². The summed E-state index contributed by atoms with van der Waals surface area (Å²) in [6.45, 7) is 0. The van der Waals surface area contributed by atoms with E-state index < -0.39 is 84.6 Å². The van der Waals surface area contributed by atoms with E-state index in [-0.39, 0.29) is 43.8 Å². The molecule has 7 rings (SSSR count). The largest absolute Gasteiger partial charge is 0.0629 e. The predicted molar refractivity (Wildman–Crippen MR) is 155 cm³/mol. The highest BCUT2D eigenvalue weighted by molar-refractivity contribution is 6.01. The van der Waals surface area contributed by atoms with Crippen LogP contribution in [0.2, 0.25) is 0 Å². The van der Waals surface area contributed by atoms with Crippen LogP contribution in [0.3, 0.4) is 0 Å². The van der Waals surface area contributed by atoms with Crippen molar-refractivity contribution in [3.8, 4) is 33.4 Å². The molecule has 0 atom stereocenters. The molecule has 0 heterocycles. The Morgan fingerprint density at radius 2 is 0.889 bits per heavy atom. The zero-order valence-electron chi connectivity index (χ0n) is 32.8. The summed E-state index contributed by atoms with van der Waals surface area (Å²) in [5.41, 5.74) is 1.36. The van der Waals surface area contributed by atoms with Crippen LogP contribution in [0.25, 0.3) is 65.7 Å². The fourth-order valence-electron chi connectivity index (χ4n) is 4.51. The van der Waals surface area contributed by atoms with Gasteiger partial charge in [0, 0.05) is 0 Å². The third-order valence-corrected chi connectivity index (χ3v) is 6.22. The van der Waals surface area contributed by atoms with Crippen molar-refractivity contribution in [2.45, 2.75) is 0 Å². The molecular formula is C36H24. The minimum Gasteiger partial charge on any atom is -0.0616 e. The van der Waals surface area contributed by atoms with Gasteiger partial charge in [-0.05, 0) is 90.0 Å². The van der Waals surface area contributed by atoms with Gasteiger partial charge in [0.05, 0.1) is 19.2 Å². The van der Waals surface area contributed by atoms with Gasteiger partial charge in [0.2, 0.25) is 0 Å². The highest BCUT2D eigenvalue weighted by Gasteiger charge is 2.12. The molecule has 0 unspecified atom stereocenters. The molecule has 0 aliphatic rings. The van der Waals surface area contributed by atoms with Gasteiger partial charge >= 0.3 is 0 Å².